The summed E-state index contributed by atoms with van der Waals surface area (Å²) < 4.78 is 13.0. The van der Waals surface area contributed by atoms with Gasteiger partial charge in [-0.25, -0.2) is 4.39 Å². The maximum atomic E-state index is 13.0. The van der Waals surface area contributed by atoms with Crippen LogP contribution in [0.4, 0.5) is 4.39 Å². The number of hydrogen-bond acceptors (Lipinski definition) is 3. The van der Waals surface area contributed by atoms with E-state index in [4.69, 9.17) is 0 Å². The van der Waals surface area contributed by atoms with Crippen LogP contribution in [0.25, 0.3) is 0 Å². The van der Waals surface area contributed by atoms with Crippen molar-refractivity contribution in [2.75, 3.05) is 6.61 Å². The van der Waals surface area contributed by atoms with Crippen molar-refractivity contribution in [2.24, 2.45) is 0 Å². The van der Waals surface area contributed by atoms with Crippen molar-refractivity contribution in [2.45, 2.75) is 18.9 Å². The van der Waals surface area contributed by atoms with Crippen LogP contribution in [0.3, 0.4) is 0 Å². The number of nitrogens with zero attached hydrogens (tertiary/aromatic N) is 1. The quantitative estimate of drug-likeness (QED) is 0.854. The van der Waals surface area contributed by atoms with Crippen LogP contribution in [0.5, 0.6) is 0 Å². The molecule has 1 unspecified atom stereocenters. The maximum absolute atomic E-state index is 13.0. The number of aryl methyl sites for hydroxylation is 1. The first-order valence-electron chi connectivity index (χ1n) is 6.73. The molecule has 2 rings (SSSR count). The zero-order chi connectivity index (χ0) is 15.1. The van der Waals surface area contributed by atoms with Gasteiger partial charge in [0.2, 0.25) is 5.91 Å². The Morgan fingerprint density at radius 1 is 1.29 bits per heavy atom. The molecule has 4 nitrogen and oxygen atoms in total. The lowest BCUT2D eigenvalue weighted by molar-refractivity contribution is -0.122. The fraction of sp³-hybridized carbons (Fsp3) is 0.250. The molecule has 1 aromatic carbocycles. The Kier molecular flexibility index (Phi) is 5.40. The number of aromatic nitrogens is 1. The van der Waals surface area contributed by atoms with Crippen LogP contribution in [0.2, 0.25) is 0 Å². The fourth-order valence-corrected chi connectivity index (χ4v) is 2.04. The molecule has 0 saturated carbocycles. The van der Waals surface area contributed by atoms with Crippen LogP contribution < -0.4 is 5.32 Å². The molecule has 1 amide bonds. The number of benzene rings is 1. The number of aliphatic hydroxyl groups excluding tert-OH is 1. The fourth-order valence-electron chi connectivity index (χ4n) is 2.04. The van der Waals surface area contributed by atoms with Gasteiger partial charge in [0.25, 0.3) is 0 Å². The molecule has 0 aliphatic rings. The molecule has 2 N–H and O–H groups in total. The van der Waals surface area contributed by atoms with Crippen LogP contribution in [0.1, 0.15) is 23.6 Å². The summed E-state index contributed by atoms with van der Waals surface area (Å²) in [4.78, 5) is 15.6. The van der Waals surface area contributed by atoms with E-state index in [1.807, 2.05) is 30.3 Å². The van der Waals surface area contributed by atoms with Gasteiger partial charge in [-0.05, 0) is 23.6 Å². The standard InChI is InChI=1S/C16H17FN2O2/c17-14-8-12(9-18-10-14)6-7-16(21)19-15(11-20)13-4-2-1-3-5-13/h1-5,8-10,15,20H,6-7,11H2,(H,19,21). The Bertz CT molecular complexity index is 590. The second-order valence-electron chi connectivity index (χ2n) is 4.72. The lowest BCUT2D eigenvalue weighted by Gasteiger charge is -2.16. The largest absolute Gasteiger partial charge is 0.394 e. The third-order valence-electron chi connectivity index (χ3n) is 3.12. The van der Waals surface area contributed by atoms with Crippen molar-refractivity contribution < 1.29 is 14.3 Å². The summed E-state index contributed by atoms with van der Waals surface area (Å²) in [5.41, 5.74) is 1.52. The Morgan fingerprint density at radius 3 is 2.71 bits per heavy atom. The molecule has 0 saturated heterocycles. The van der Waals surface area contributed by atoms with Crippen molar-refractivity contribution in [3.63, 3.8) is 0 Å². The number of rotatable bonds is 6. The van der Waals surface area contributed by atoms with Gasteiger partial charge in [0.1, 0.15) is 5.82 Å². The highest BCUT2D eigenvalue weighted by molar-refractivity contribution is 5.76. The van der Waals surface area contributed by atoms with E-state index in [-0.39, 0.29) is 18.9 Å². The number of pyridine rings is 1. The van der Waals surface area contributed by atoms with Crippen LogP contribution in [-0.4, -0.2) is 22.6 Å². The van der Waals surface area contributed by atoms with E-state index in [1.165, 1.54) is 12.3 Å². The zero-order valence-corrected chi connectivity index (χ0v) is 11.5. The van der Waals surface area contributed by atoms with E-state index >= 15 is 0 Å². The molecule has 2 aromatic rings. The molecule has 21 heavy (non-hydrogen) atoms. The number of amides is 1. The van der Waals surface area contributed by atoms with Gasteiger partial charge in [-0.2, -0.15) is 0 Å². The SMILES string of the molecule is O=C(CCc1cncc(F)c1)NC(CO)c1ccccc1. The third-order valence-corrected chi connectivity index (χ3v) is 3.12. The second-order valence-corrected chi connectivity index (χ2v) is 4.72. The van der Waals surface area contributed by atoms with E-state index in [1.54, 1.807) is 0 Å². The predicted molar refractivity (Wildman–Crippen MR) is 76.9 cm³/mol. The number of nitrogens with one attached hydrogen (secondary N) is 1. The van der Waals surface area contributed by atoms with Gasteiger partial charge in [0.15, 0.2) is 0 Å². The highest BCUT2D eigenvalue weighted by Gasteiger charge is 2.13. The normalized spacial score (nSPS) is 11.9. The lowest BCUT2D eigenvalue weighted by Crippen LogP contribution is -2.30. The summed E-state index contributed by atoms with van der Waals surface area (Å²) >= 11 is 0. The summed E-state index contributed by atoms with van der Waals surface area (Å²) in [6.07, 6.45) is 3.29. The van der Waals surface area contributed by atoms with E-state index in [9.17, 15) is 14.3 Å². The number of carbonyl (C=O) groups is 1. The van der Waals surface area contributed by atoms with Gasteiger partial charge < -0.3 is 10.4 Å². The summed E-state index contributed by atoms with van der Waals surface area (Å²) in [7, 11) is 0. The van der Waals surface area contributed by atoms with E-state index in [0.29, 0.717) is 12.0 Å². The highest BCUT2D eigenvalue weighted by Crippen LogP contribution is 2.12. The smallest absolute Gasteiger partial charge is 0.220 e. The third kappa shape index (κ3) is 4.65. The highest BCUT2D eigenvalue weighted by atomic mass is 19.1. The Hall–Kier alpha value is -2.27. The zero-order valence-electron chi connectivity index (χ0n) is 11.5. The van der Waals surface area contributed by atoms with Gasteiger partial charge in [-0.1, -0.05) is 30.3 Å². The second kappa shape index (κ2) is 7.50. The minimum atomic E-state index is -0.427. The number of halogens is 1. The molecule has 1 heterocycles. The monoisotopic (exact) mass is 288 g/mol. The first-order valence-corrected chi connectivity index (χ1v) is 6.73. The molecule has 0 bridgehead atoms. The molecule has 1 atom stereocenters. The Labute approximate surface area is 122 Å². The molecule has 0 radical (unpaired) electrons. The van der Waals surface area contributed by atoms with Gasteiger partial charge in [-0.15, -0.1) is 0 Å². The van der Waals surface area contributed by atoms with Crippen molar-refractivity contribution >= 4 is 5.91 Å². The molecular weight excluding hydrogens is 271 g/mol. The van der Waals surface area contributed by atoms with Crippen LogP contribution in [0.15, 0.2) is 48.8 Å². The first kappa shape index (κ1) is 15.1. The lowest BCUT2D eigenvalue weighted by atomic mass is 10.1. The maximum Gasteiger partial charge on any atom is 0.220 e. The molecule has 0 aliphatic heterocycles. The molecule has 0 fully saturated rings. The van der Waals surface area contributed by atoms with E-state index < -0.39 is 11.9 Å². The van der Waals surface area contributed by atoms with Gasteiger partial charge in [-0.3, -0.25) is 9.78 Å². The minimum absolute atomic E-state index is 0.169. The summed E-state index contributed by atoms with van der Waals surface area (Å²) in [6, 6.07) is 10.2. The van der Waals surface area contributed by atoms with Gasteiger partial charge in [0.05, 0.1) is 18.8 Å². The topological polar surface area (TPSA) is 62.2 Å². The van der Waals surface area contributed by atoms with Crippen molar-refractivity contribution in [3.8, 4) is 0 Å². The van der Waals surface area contributed by atoms with Crippen LogP contribution in [-0.2, 0) is 11.2 Å². The van der Waals surface area contributed by atoms with Crippen LogP contribution >= 0.6 is 0 Å². The molecule has 1 aromatic heterocycles. The van der Waals surface area contributed by atoms with E-state index in [2.05, 4.69) is 10.3 Å². The average Bonchev–Trinajstić information content (AvgIpc) is 2.51. The van der Waals surface area contributed by atoms with Crippen molar-refractivity contribution in [1.29, 1.82) is 0 Å². The van der Waals surface area contributed by atoms with Crippen LogP contribution in [0, 0.1) is 5.82 Å². The Balaban J connectivity index is 1.89. The van der Waals surface area contributed by atoms with Gasteiger partial charge >= 0.3 is 0 Å². The number of aliphatic hydroxyl groups is 1. The van der Waals surface area contributed by atoms with Crippen molar-refractivity contribution in [3.05, 3.63) is 65.7 Å². The van der Waals surface area contributed by atoms with Crippen molar-refractivity contribution in [1.82, 2.24) is 10.3 Å². The molecule has 5 heteroatoms. The van der Waals surface area contributed by atoms with Gasteiger partial charge in [0, 0.05) is 12.6 Å². The first-order chi connectivity index (χ1) is 10.2. The summed E-state index contributed by atoms with van der Waals surface area (Å²) in [6.45, 7) is -0.169. The number of carbonyl (C=O) groups excluding carboxylic acids is 1. The molecular formula is C16H17FN2O2. The summed E-state index contributed by atoms with van der Waals surface area (Å²) in [5, 5.41) is 12.1. The predicted octanol–water partition coefficient (Wildman–Crippen LogP) is 2.00. The minimum Gasteiger partial charge on any atom is -0.394 e. The Morgan fingerprint density at radius 2 is 2.05 bits per heavy atom. The van der Waals surface area contributed by atoms with E-state index in [0.717, 1.165) is 11.8 Å². The summed E-state index contributed by atoms with van der Waals surface area (Å²) in [5.74, 6) is -0.604. The molecule has 110 valence electrons. The number of hydrogen-bond donors (Lipinski definition) is 2. The molecule has 0 spiro atoms. The molecule has 0 aliphatic carbocycles. The average molecular weight is 288 g/mol.